The molecule has 0 fully saturated rings. The van der Waals surface area contributed by atoms with Crippen LogP contribution in [0, 0.1) is 23.7 Å². The van der Waals surface area contributed by atoms with Crippen LogP contribution in [0.4, 0.5) is 0 Å². The van der Waals surface area contributed by atoms with Crippen LogP contribution in [0.3, 0.4) is 0 Å². The number of hydrogen-bond donors (Lipinski definition) is 2. The van der Waals surface area contributed by atoms with Crippen molar-refractivity contribution in [2.24, 2.45) is 23.7 Å². The van der Waals surface area contributed by atoms with Gasteiger partial charge in [-0.1, -0.05) is 76.2 Å². The molecule has 0 rings (SSSR count). The smallest absolute Gasteiger partial charge is 0.303 e. The first-order valence-corrected chi connectivity index (χ1v) is 16.0. The van der Waals surface area contributed by atoms with Crippen LogP contribution in [0.1, 0.15) is 116 Å². The van der Waals surface area contributed by atoms with Gasteiger partial charge in [-0.25, -0.2) is 4.57 Å². The van der Waals surface area contributed by atoms with Crippen LogP contribution < -0.4 is 0 Å². The van der Waals surface area contributed by atoms with Crippen LogP contribution in [0.25, 0.3) is 0 Å². The molecule has 0 spiro atoms. The van der Waals surface area contributed by atoms with Crippen LogP contribution in [0.5, 0.6) is 0 Å². The van der Waals surface area contributed by atoms with E-state index >= 15 is 0 Å². The van der Waals surface area contributed by atoms with Crippen molar-refractivity contribution in [1.29, 1.82) is 0 Å². The molecule has 0 aromatic rings. The minimum absolute atomic E-state index is 0.0689. The van der Waals surface area contributed by atoms with Gasteiger partial charge in [0.15, 0.2) is 0 Å². The number of rotatable bonds is 27. The molecule has 0 aliphatic rings. The summed E-state index contributed by atoms with van der Waals surface area (Å²) >= 11 is 0. The fourth-order valence-electron chi connectivity index (χ4n) is 5.18. The van der Waals surface area contributed by atoms with Crippen LogP contribution in [-0.2, 0) is 9.09 Å². The van der Waals surface area contributed by atoms with E-state index in [4.69, 9.17) is 14.3 Å². The van der Waals surface area contributed by atoms with Crippen LogP contribution >= 0.6 is 7.82 Å². The molecule has 36 heavy (non-hydrogen) atoms. The van der Waals surface area contributed by atoms with E-state index in [2.05, 4.69) is 45.4 Å². The minimum atomic E-state index is -4.44. The van der Waals surface area contributed by atoms with E-state index in [-0.39, 0.29) is 12.5 Å². The molecule has 0 radical (unpaired) electrons. The average Bonchev–Trinajstić information content (AvgIpc) is 2.83. The Hall–Kier alpha value is -0.930. The third-order valence-electron chi connectivity index (χ3n) is 7.39. The summed E-state index contributed by atoms with van der Waals surface area (Å²) in [5.41, 5.74) is 0. The van der Waals surface area contributed by atoms with Crippen molar-refractivity contribution in [3.8, 4) is 0 Å². The summed E-state index contributed by atoms with van der Waals surface area (Å²) in [5, 5.41) is 0. The van der Waals surface area contributed by atoms with Crippen molar-refractivity contribution in [2.75, 3.05) is 6.61 Å². The van der Waals surface area contributed by atoms with Gasteiger partial charge in [0.25, 0.3) is 0 Å². The molecule has 0 aromatic heterocycles. The SMILES string of the molecule is C=CCC(CCCCCCCC)CCC(CC=C)CCC(CC=C)CCC(CC=C)COP(=O)(O)O. The lowest BCUT2D eigenvalue weighted by atomic mass is 9.83. The molecule has 0 aromatic carbocycles. The van der Waals surface area contributed by atoms with Gasteiger partial charge in [0.05, 0.1) is 6.61 Å². The molecule has 2 N–H and O–H groups in total. The highest BCUT2D eigenvalue weighted by atomic mass is 31.2. The van der Waals surface area contributed by atoms with Gasteiger partial charge >= 0.3 is 7.82 Å². The van der Waals surface area contributed by atoms with E-state index in [9.17, 15) is 4.57 Å². The fraction of sp³-hybridized carbons (Fsp3) is 0.742. The summed E-state index contributed by atoms with van der Waals surface area (Å²) in [6.45, 7) is 18.1. The summed E-state index contributed by atoms with van der Waals surface area (Å²) in [6, 6.07) is 0. The molecule has 4 atom stereocenters. The third-order valence-corrected chi connectivity index (χ3v) is 7.88. The van der Waals surface area contributed by atoms with Gasteiger partial charge in [-0.15, -0.1) is 26.3 Å². The highest BCUT2D eigenvalue weighted by Crippen LogP contribution is 2.37. The molecule has 4 nitrogen and oxygen atoms in total. The molecule has 210 valence electrons. The molecular formula is C31H57O4P. The Morgan fingerprint density at radius 1 is 0.611 bits per heavy atom. The maximum absolute atomic E-state index is 11.1. The minimum Gasteiger partial charge on any atom is -0.303 e. The standard InChI is InChI=1S/C31H57O4P/c1-6-11-12-13-14-15-20-28(16-7-2)21-22-29(17-8-3)23-24-30(18-9-4)25-26-31(19-10-5)27-35-36(32,33)34/h7-10,28-31H,2-6,11-27H2,1H3,(H2,32,33,34). The highest BCUT2D eigenvalue weighted by Gasteiger charge is 2.20. The molecular weight excluding hydrogens is 467 g/mol. The van der Waals surface area contributed by atoms with E-state index in [0.717, 1.165) is 44.4 Å². The second kappa shape index (κ2) is 23.2. The Labute approximate surface area is 223 Å². The first kappa shape index (κ1) is 35.1. The lowest BCUT2D eigenvalue weighted by Crippen LogP contribution is -2.12. The highest BCUT2D eigenvalue weighted by molar-refractivity contribution is 7.46. The number of phosphoric acid groups is 1. The second-order valence-electron chi connectivity index (χ2n) is 10.6. The monoisotopic (exact) mass is 524 g/mol. The maximum Gasteiger partial charge on any atom is 0.469 e. The summed E-state index contributed by atoms with van der Waals surface area (Å²) in [7, 11) is -4.44. The summed E-state index contributed by atoms with van der Waals surface area (Å²) in [4.78, 5) is 18.1. The van der Waals surface area contributed by atoms with Gasteiger partial charge in [0.1, 0.15) is 0 Å². The first-order chi connectivity index (χ1) is 17.3. The molecule has 0 saturated carbocycles. The predicted octanol–water partition coefficient (Wildman–Crippen LogP) is 9.96. The Balaban J connectivity index is 4.68. The van der Waals surface area contributed by atoms with E-state index < -0.39 is 7.82 Å². The normalized spacial score (nSPS) is 15.1. The van der Waals surface area contributed by atoms with Gasteiger partial charge in [0, 0.05) is 0 Å². The lowest BCUT2D eigenvalue weighted by Gasteiger charge is -2.24. The Kier molecular flexibility index (Phi) is 22.6. The summed E-state index contributed by atoms with van der Waals surface area (Å²) in [6.07, 6.45) is 28.0. The number of allylic oxidation sites excluding steroid dienone is 4. The van der Waals surface area contributed by atoms with Gasteiger partial charge in [-0.05, 0) is 87.9 Å². The van der Waals surface area contributed by atoms with E-state index in [1.54, 1.807) is 6.08 Å². The van der Waals surface area contributed by atoms with Gasteiger partial charge in [-0.2, -0.15) is 0 Å². The van der Waals surface area contributed by atoms with Crippen molar-refractivity contribution in [3.05, 3.63) is 50.6 Å². The summed E-state index contributed by atoms with van der Waals surface area (Å²) in [5.74, 6) is 2.02. The zero-order valence-electron chi connectivity index (χ0n) is 23.3. The van der Waals surface area contributed by atoms with Crippen molar-refractivity contribution in [3.63, 3.8) is 0 Å². The molecule has 0 aliphatic heterocycles. The molecule has 0 amide bonds. The molecule has 0 aliphatic carbocycles. The van der Waals surface area contributed by atoms with Gasteiger partial charge < -0.3 is 9.79 Å². The van der Waals surface area contributed by atoms with E-state index in [1.165, 1.54) is 64.2 Å². The topological polar surface area (TPSA) is 66.8 Å². The van der Waals surface area contributed by atoms with Crippen LogP contribution in [-0.4, -0.2) is 16.4 Å². The third kappa shape index (κ3) is 21.2. The average molecular weight is 525 g/mol. The molecule has 0 heterocycles. The molecule has 4 unspecified atom stereocenters. The van der Waals surface area contributed by atoms with Crippen LogP contribution in [0.15, 0.2) is 50.6 Å². The fourth-order valence-corrected chi connectivity index (χ4v) is 5.59. The van der Waals surface area contributed by atoms with E-state index in [1.807, 2.05) is 6.08 Å². The van der Waals surface area contributed by atoms with Crippen molar-refractivity contribution in [1.82, 2.24) is 0 Å². The van der Waals surface area contributed by atoms with E-state index in [0.29, 0.717) is 18.3 Å². The molecule has 0 saturated heterocycles. The molecule has 5 heteroatoms. The first-order valence-electron chi connectivity index (χ1n) is 14.4. The predicted molar refractivity (Wildman–Crippen MR) is 157 cm³/mol. The molecule has 0 bridgehead atoms. The Morgan fingerprint density at radius 2 is 0.972 bits per heavy atom. The van der Waals surface area contributed by atoms with Gasteiger partial charge in [-0.3, -0.25) is 4.52 Å². The quantitative estimate of drug-likeness (QED) is 0.0637. The Bertz CT molecular complexity index is 612. The van der Waals surface area contributed by atoms with Crippen molar-refractivity contribution in [2.45, 2.75) is 116 Å². The lowest BCUT2D eigenvalue weighted by molar-refractivity contribution is 0.160. The largest absolute Gasteiger partial charge is 0.469 e. The number of unbranched alkanes of at least 4 members (excludes halogenated alkanes) is 5. The van der Waals surface area contributed by atoms with Crippen LogP contribution in [0.2, 0.25) is 0 Å². The zero-order valence-corrected chi connectivity index (χ0v) is 24.2. The summed E-state index contributed by atoms with van der Waals surface area (Å²) < 4.78 is 15.9. The zero-order chi connectivity index (χ0) is 27.1. The van der Waals surface area contributed by atoms with Crippen molar-refractivity contribution >= 4 is 7.82 Å². The van der Waals surface area contributed by atoms with Gasteiger partial charge in [0.2, 0.25) is 0 Å². The Morgan fingerprint density at radius 3 is 1.39 bits per heavy atom. The maximum atomic E-state index is 11.1. The number of phosphoric ester groups is 1. The van der Waals surface area contributed by atoms with Crippen molar-refractivity contribution < 1.29 is 18.9 Å². The number of hydrogen-bond acceptors (Lipinski definition) is 2. The second-order valence-corrected chi connectivity index (χ2v) is 11.9.